The lowest BCUT2D eigenvalue weighted by molar-refractivity contribution is 0.103. The Kier molecular flexibility index (Phi) is 3.58. The highest BCUT2D eigenvalue weighted by Crippen LogP contribution is 2.28. The van der Waals surface area contributed by atoms with Gasteiger partial charge in [0.15, 0.2) is 5.78 Å². The molecule has 122 valence electrons. The molecule has 0 aliphatic heterocycles. The largest absolute Gasteiger partial charge is 0.507 e. The fourth-order valence-corrected chi connectivity index (χ4v) is 2.98. The van der Waals surface area contributed by atoms with Crippen molar-refractivity contribution in [1.29, 1.82) is 0 Å². The fourth-order valence-electron chi connectivity index (χ4n) is 2.98. The van der Waals surface area contributed by atoms with Crippen LogP contribution >= 0.6 is 0 Å². The molecule has 1 aromatic heterocycles. The summed E-state index contributed by atoms with van der Waals surface area (Å²) in [6.45, 7) is 0. The summed E-state index contributed by atoms with van der Waals surface area (Å²) in [5.41, 5.74) is 1.44. The van der Waals surface area contributed by atoms with Crippen molar-refractivity contribution >= 4 is 27.5 Å². The Morgan fingerprint density at radius 2 is 1.84 bits per heavy atom. The van der Waals surface area contributed by atoms with Crippen molar-refractivity contribution in [3.63, 3.8) is 0 Å². The lowest BCUT2D eigenvalue weighted by atomic mass is 9.99. The molecule has 0 atom stereocenters. The summed E-state index contributed by atoms with van der Waals surface area (Å²) in [5.74, 6) is 0.142. The Hall–Kier alpha value is -3.40. The molecule has 4 aromatic rings. The van der Waals surface area contributed by atoms with Gasteiger partial charge in [0, 0.05) is 17.1 Å². The molecule has 3 aromatic carbocycles. The summed E-state index contributed by atoms with van der Waals surface area (Å²) < 4.78 is 5.14. The smallest absolute Gasteiger partial charge is 0.198 e. The topological polar surface area (TPSA) is 59.4 Å². The predicted molar refractivity (Wildman–Crippen MR) is 97.3 cm³/mol. The maximum absolute atomic E-state index is 12.9. The number of aromatic nitrogens is 1. The van der Waals surface area contributed by atoms with Crippen LogP contribution < -0.4 is 4.74 Å². The van der Waals surface area contributed by atoms with Gasteiger partial charge in [-0.1, -0.05) is 30.3 Å². The third kappa shape index (κ3) is 2.58. The molecule has 4 heteroatoms. The molecule has 0 saturated carbocycles. The first-order valence-corrected chi connectivity index (χ1v) is 7.86. The number of pyridine rings is 1. The first-order valence-electron chi connectivity index (χ1n) is 7.86. The van der Waals surface area contributed by atoms with Crippen LogP contribution in [0.1, 0.15) is 15.9 Å². The number of ether oxygens (including phenoxy) is 1. The fraction of sp³-hybridized carbons (Fsp3) is 0.0476. The van der Waals surface area contributed by atoms with E-state index < -0.39 is 0 Å². The number of nitrogens with zero attached hydrogens (tertiary/aromatic N) is 1. The van der Waals surface area contributed by atoms with Gasteiger partial charge in [-0.3, -0.25) is 9.78 Å². The number of methoxy groups -OCH3 is 1. The van der Waals surface area contributed by atoms with Crippen LogP contribution in [0.2, 0.25) is 0 Å². The van der Waals surface area contributed by atoms with Crippen molar-refractivity contribution in [3.8, 4) is 11.5 Å². The van der Waals surface area contributed by atoms with Crippen LogP contribution in [-0.2, 0) is 0 Å². The van der Waals surface area contributed by atoms with Crippen molar-refractivity contribution in [1.82, 2.24) is 4.98 Å². The summed E-state index contributed by atoms with van der Waals surface area (Å²) in [6.07, 6.45) is 1.54. The highest BCUT2D eigenvalue weighted by Gasteiger charge is 2.16. The van der Waals surface area contributed by atoms with E-state index in [1.807, 2.05) is 42.5 Å². The van der Waals surface area contributed by atoms with Crippen molar-refractivity contribution in [2.24, 2.45) is 0 Å². The third-order valence-corrected chi connectivity index (χ3v) is 4.30. The summed E-state index contributed by atoms with van der Waals surface area (Å²) in [4.78, 5) is 17.3. The third-order valence-electron chi connectivity index (χ3n) is 4.30. The van der Waals surface area contributed by atoms with Gasteiger partial charge in [0.2, 0.25) is 0 Å². The Bertz CT molecular complexity index is 1120. The average Bonchev–Trinajstić information content (AvgIpc) is 2.67. The van der Waals surface area contributed by atoms with E-state index in [0.717, 1.165) is 21.7 Å². The molecule has 4 rings (SSSR count). The number of hydrogen-bond donors (Lipinski definition) is 1. The molecule has 25 heavy (non-hydrogen) atoms. The molecule has 0 fully saturated rings. The molecule has 0 saturated heterocycles. The molecule has 0 bridgehead atoms. The number of aromatic hydroxyl groups is 1. The van der Waals surface area contributed by atoms with E-state index in [0.29, 0.717) is 11.3 Å². The molecule has 1 N–H and O–H groups in total. The quantitative estimate of drug-likeness (QED) is 0.449. The van der Waals surface area contributed by atoms with Crippen LogP contribution in [-0.4, -0.2) is 23.0 Å². The second-order valence-corrected chi connectivity index (χ2v) is 5.79. The standard InChI is InChI=1S/C21H15NO3/c1-25-15-7-9-20(23)18(11-15)21(24)14-10-17-16-5-3-2-4-13(16)6-8-19(17)22-12-14/h2-12,23H,1H3. The van der Waals surface area contributed by atoms with Crippen molar-refractivity contribution in [3.05, 3.63) is 78.0 Å². The van der Waals surface area contributed by atoms with E-state index in [2.05, 4.69) is 4.98 Å². The van der Waals surface area contributed by atoms with Gasteiger partial charge in [0.1, 0.15) is 11.5 Å². The number of phenols is 1. The number of ketones is 1. The molecule has 0 aliphatic carbocycles. The molecule has 0 unspecified atom stereocenters. The maximum atomic E-state index is 12.9. The number of fused-ring (bicyclic) bond motifs is 3. The summed E-state index contributed by atoms with van der Waals surface area (Å²) in [7, 11) is 1.52. The Labute approximate surface area is 144 Å². The van der Waals surface area contributed by atoms with Gasteiger partial charge >= 0.3 is 0 Å². The molecule has 0 radical (unpaired) electrons. The first kappa shape index (κ1) is 15.1. The maximum Gasteiger partial charge on any atom is 0.198 e. The van der Waals surface area contributed by atoms with Gasteiger partial charge in [0.05, 0.1) is 18.2 Å². The zero-order valence-electron chi connectivity index (χ0n) is 13.6. The summed E-state index contributed by atoms with van der Waals surface area (Å²) in [6, 6.07) is 18.4. The molecule has 0 amide bonds. The Morgan fingerprint density at radius 3 is 2.68 bits per heavy atom. The number of hydrogen-bond acceptors (Lipinski definition) is 4. The molecule has 0 aliphatic rings. The number of carbonyl (C=O) groups is 1. The lowest BCUT2D eigenvalue weighted by Gasteiger charge is -2.08. The van der Waals surface area contributed by atoms with Crippen molar-refractivity contribution in [2.45, 2.75) is 0 Å². The lowest BCUT2D eigenvalue weighted by Crippen LogP contribution is -2.03. The van der Waals surface area contributed by atoms with Crippen molar-refractivity contribution < 1.29 is 14.6 Å². The molecule has 4 nitrogen and oxygen atoms in total. The van der Waals surface area contributed by atoms with Crippen molar-refractivity contribution in [2.75, 3.05) is 7.11 Å². The van der Waals surface area contributed by atoms with Gasteiger partial charge in [0.25, 0.3) is 0 Å². The number of carbonyl (C=O) groups excluding carboxylic acids is 1. The van der Waals surface area contributed by atoms with Gasteiger partial charge < -0.3 is 9.84 Å². The van der Waals surface area contributed by atoms with E-state index in [1.165, 1.54) is 19.2 Å². The summed E-state index contributed by atoms with van der Waals surface area (Å²) in [5, 5.41) is 13.1. The minimum atomic E-state index is -0.293. The second kappa shape index (κ2) is 5.91. The number of benzene rings is 3. The van der Waals surface area contributed by atoms with Crippen LogP contribution in [0.3, 0.4) is 0 Å². The highest BCUT2D eigenvalue weighted by atomic mass is 16.5. The highest BCUT2D eigenvalue weighted by molar-refractivity contribution is 6.14. The molecular weight excluding hydrogens is 314 g/mol. The monoisotopic (exact) mass is 329 g/mol. The van der Waals surface area contributed by atoms with E-state index in [9.17, 15) is 9.90 Å². The summed E-state index contributed by atoms with van der Waals surface area (Å²) >= 11 is 0. The van der Waals surface area contributed by atoms with Crippen LogP contribution in [0.25, 0.3) is 21.7 Å². The van der Waals surface area contributed by atoms with E-state index in [-0.39, 0.29) is 17.1 Å². The second-order valence-electron chi connectivity index (χ2n) is 5.79. The van der Waals surface area contributed by atoms with E-state index >= 15 is 0 Å². The molecule has 1 heterocycles. The number of rotatable bonds is 3. The predicted octanol–water partition coefficient (Wildman–Crippen LogP) is 4.33. The first-order chi connectivity index (χ1) is 12.2. The van der Waals surface area contributed by atoms with Gasteiger partial charge in [-0.25, -0.2) is 0 Å². The van der Waals surface area contributed by atoms with E-state index in [4.69, 9.17) is 4.74 Å². The van der Waals surface area contributed by atoms with Crippen LogP contribution in [0.15, 0.2) is 66.9 Å². The average molecular weight is 329 g/mol. The normalized spacial score (nSPS) is 10.9. The van der Waals surface area contributed by atoms with Gasteiger partial charge in [-0.15, -0.1) is 0 Å². The SMILES string of the molecule is COc1ccc(O)c(C(=O)c2cnc3ccc4ccccc4c3c2)c1. The van der Waals surface area contributed by atoms with Crippen LogP contribution in [0.4, 0.5) is 0 Å². The van der Waals surface area contributed by atoms with Gasteiger partial charge in [-0.05, 0) is 41.1 Å². The minimum absolute atomic E-state index is 0.0798. The van der Waals surface area contributed by atoms with E-state index in [1.54, 1.807) is 12.3 Å². The van der Waals surface area contributed by atoms with Crippen LogP contribution in [0.5, 0.6) is 11.5 Å². The minimum Gasteiger partial charge on any atom is -0.507 e. The zero-order valence-corrected chi connectivity index (χ0v) is 13.6. The zero-order chi connectivity index (χ0) is 17.4. The number of phenolic OH excluding ortho intramolecular Hbond substituents is 1. The van der Waals surface area contributed by atoms with Crippen LogP contribution in [0, 0.1) is 0 Å². The molecular formula is C21H15NO3. The molecule has 0 spiro atoms. The Balaban J connectivity index is 1.89. The Morgan fingerprint density at radius 1 is 1.00 bits per heavy atom. The van der Waals surface area contributed by atoms with Gasteiger partial charge in [-0.2, -0.15) is 0 Å².